The minimum atomic E-state index is -4.93. The number of benzene rings is 1. The molecule has 0 unspecified atom stereocenters. The normalized spacial score (nSPS) is 21.3. The van der Waals surface area contributed by atoms with Crippen LogP contribution in [0, 0.1) is 0 Å². The number of fused-ring (bicyclic) bond motifs is 1. The number of aliphatic carboxylic acids is 1. The zero-order valence-electron chi connectivity index (χ0n) is 26.1. The van der Waals surface area contributed by atoms with E-state index in [1.54, 1.807) is 25.1 Å². The molecule has 1 N–H and O–H groups in total. The van der Waals surface area contributed by atoms with E-state index >= 15 is 4.79 Å². The highest BCUT2D eigenvalue weighted by atomic mass is 35.5. The number of pyridine rings is 1. The van der Waals surface area contributed by atoms with Crippen molar-refractivity contribution < 1.29 is 50.6 Å². The van der Waals surface area contributed by atoms with Crippen LogP contribution in [0.15, 0.2) is 48.0 Å². The van der Waals surface area contributed by atoms with Crippen LogP contribution < -0.4 is 4.74 Å². The van der Waals surface area contributed by atoms with Gasteiger partial charge in [0.2, 0.25) is 5.60 Å². The molecule has 2 aliphatic rings. The monoisotopic (exact) mass is 731 g/mol. The largest absolute Gasteiger partial charge is 0.481 e. The first-order valence-electron chi connectivity index (χ1n) is 15.5. The first-order chi connectivity index (χ1) is 23.0. The topological polar surface area (TPSA) is 100 Å². The van der Waals surface area contributed by atoms with Crippen LogP contribution in [0.3, 0.4) is 0 Å². The third kappa shape index (κ3) is 7.67. The lowest BCUT2D eigenvalue weighted by Gasteiger charge is -2.51. The number of carbonyl (C=O) groups is 3. The maximum atomic E-state index is 15.1. The number of hydrogen-bond donors (Lipinski definition) is 1. The molecular weight excluding hydrogens is 700 g/mol. The van der Waals surface area contributed by atoms with E-state index in [0.717, 1.165) is 40.2 Å². The van der Waals surface area contributed by atoms with Gasteiger partial charge in [-0.25, -0.2) is 0 Å². The number of halogens is 7. The van der Waals surface area contributed by atoms with Gasteiger partial charge >= 0.3 is 18.3 Å². The summed E-state index contributed by atoms with van der Waals surface area (Å²) >= 11 is 6.57. The van der Waals surface area contributed by atoms with Crippen LogP contribution in [-0.2, 0) is 34.9 Å². The Morgan fingerprint density at radius 3 is 2.47 bits per heavy atom. The number of ether oxygens (including phenoxy) is 1. The number of thiophene rings is 1. The van der Waals surface area contributed by atoms with Crippen LogP contribution in [0.25, 0.3) is 0 Å². The Labute approximate surface area is 286 Å². The average molecular weight is 732 g/mol. The molecule has 1 aromatic carbocycles. The van der Waals surface area contributed by atoms with Crippen LogP contribution in [0.1, 0.15) is 77.5 Å². The number of nitrogens with zero attached hydrogens (tertiary/aromatic N) is 3. The Bertz CT molecular complexity index is 1720. The molecule has 0 bridgehead atoms. The van der Waals surface area contributed by atoms with Crippen molar-refractivity contribution >= 4 is 40.7 Å². The van der Waals surface area contributed by atoms with Gasteiger partial charge in [0.1, 0.15) is 16.3 Å². The van der Waals surface area contributed by atoms with Crippen molar-refractivity contribution in [2.24, 2.45) is 0 Å². The molecule has 2 aromatic heterocycles. The first-order valence-corrected chi connectivity index (χ1v) is 16.8. The Hall–Kier alpha value is -3.85. The molecule has 0 saturated carbocycles. The number of carboxylic acid groups (broad SMARTS) is 1. The van der Waals surface area contributed by atoms with Gasteiger partial charge in [0.15, 0.2) is 0 Å². The Balaban J connectivity index is 1.64. The number of aromatic nitrogens is 1. The number of amides is 2. The summed E-state index contributed by atoms with van der Waals surface area (Å²) < 4.78 is 89.3. The fourth-order valence-electron chi connectivity index (χ4n) is 6.72. The number of carbonyl (C=O) groups excluding carboxylic acids is 2. The summed E-state index contributed by atoms with van der Waals surface area (Å²) in [6.07, 6.45) is -8.33. The molecule has 0 aliphatic carbocycles. The highest BCUT2D eigenvalue weighted by Crippen LogP contribution is 2.44. The molecule has 2 amide bonds. The lowest BCUT2D eigenvalue weighted by Crippen LogP contribution is -2.69. The number of rotatable bonds is 9. The molecule has 4 heterocycles. The van der Waals surface area contributed by atoms with Crippen molar-refractivity contribution in [1.82, 2.24) is 14.8 Å². The molecule has 3 aromatic rings. The SMILES string of the molecule is CCC[C@H]1N(C(=O)c2ncccc2C(F)(F)F)CCC[C@@]1(Oc1csc(C(F)(F)F)c1)C(=O)N1Cc2ccc(Cl)cc2C[C@H]1CCC(=O)O. The Morgan fingerprint density at radius 2 is 1.82 bits per heavy atom. The average Bonchev–Trinajstić information content (AvgIpc) is 3.52. The molecule has 49 heavy (non-hydrogen) atoms. The lowest BCUT2D eigenvalue weighted by molar-refractivity contribution is -0.163. The number of likely N-dealkylation sites (tertiary alicyclic amines) is 1. The summed E-state index contributed by atoms with van der Waals surface area (Å²) in [5.74, 6) is -3.21. The molecule has 0 spiro atoms. The van der Waals surface area contributed by atoms with E-state index in [2.05, 4.69) is 4.98 Å². The number of piperidine rings is 1. The standard InChI is InChI=1S/C33H32ClF6N3O5S/c1-2-5-25-31(48-23-16-26(49-18-23)33(38,39)40,11-4-13-42(25)29(46)28-24(32(35,36)37)6-3-12-41-28)30(47)43-17-19-7-8-21(34)14-20(19)15-22(43)9-10-27(44)45/h3,6-8,12,14,16,18,22,25H,2,4-5,9-11,13,15,17H2,1H3,(H,44,45)/t22-,25-,31+/m1/s1. The van der Waals surface area contributed by atoms with Gasteiger partial charge in [0, 0.05) is 54.6 Å². The molecule has 8 nitrogen and oxygen atoms in total. The van der Waals surface area contributed by atoms with E-state index in [0.29, 0.717) is 28.3 Å². The van der Waals surface area contributed by atoms with E-state index < -0.39 is 64.0 Å². The fourth-order valence-corrected chi connectivity index (χ4v) is 7.59. The van der Waals surface area contributed by atoms with Crippen molar-refractivity contribution in [2.75, 3.05) is 6.54 Å². The summed E-state index contributed by atoms with van der Waals surface area (Å²) in [4.78, 5) is 46.1. The van der Waals surface area contributed by atoms with Crippen LogP contribution in [0.2, 0.25) is 5.02 Å². The van der Waals surface area contributed by atoms with Gasteiger partial charge in [0.25, 0.3) is 11.8 Å². The van der Waals surface area contributed by atoms with Crippen LogP contribution >= 0.6 is 22.9 Å². The van der Waals surface area contributed by atoms with E-state index in [9.17, 15) is 41.0 Å². The van der Waals surface area contributed by atoms with E-state index in [-0.39, 0.29) is 57.4 Å². The number of alkyl halides is 6. The van der Waals surface area contributed by atoms with Gasteiger partial charge in [-0.2, -0.15) is 26.3 Å². The van der Waals surface area contributed by atoms with E-state index in [1.165, 1.54) is 4.90 Å². The molecule has 1 fully saturated rings. The summed E-state index contributed by atoms with van der Waals surface area (Å²) in [5, 5.41) is 11.0. The molecular formula is C33H32ClF6N3O5S. The molecule has 264 valence electrons. The van der Waals surface area contributed by atoms with Crippen molar-refractivity contribution in [2.45, 2.75) is 88.5 Å². The minimum absolute atomic E-state index is 0.0176. The van der Waals surface area contributed by atoms with Gasteiger partial charge in [-0.05, 0) is 61.1 Å². The molecule has 2 aliphatic heterocycles. The van der Waals surface area contributed by atoms with Crippen LogP contribution in [0.4, 0.5) is 26.3 Å². The maximum absolute atomic E-state index is 15.1. The quantitative estimate of drug-likeness (QED) is 0.225. The number of carboxylic acids is 1. The zero-order chi connectivity index (χ0) is 35.7. The Morgan fingerprint density at radius 1 is 1.06 bits per heavy atom. The van der Waals surface area contributed by atoms with Gasteiger partial charge < -0.3 is 19.6 Å². The minimum Gasteiger partial charge on any atom is -0.481 e. The van der Waals surface area contributed by atoms with E-state index in [4.69, 9.17) is 16.3 Å². The van der Waals surface area contributed by atoms with Crippen LogP contribution in [-0.4, -0.2) is 61.9 Å². The second-order valence-electron chi connectivity index (χ2n) is 12.1. The molecule has 1 saturated heterocycles. The van der Waals surface area contributed by atoms with Crippen molar-refractivity contribution in [1.29, 1.82) is 0 Å². The van der Waals surface area contributed by atoms with Crippen molar-refractivity contribution in [3.63, 3.8) is 0 Å². The second kappa shape index (κ2) is 14.2. The summed E-state index contributed by atoms with van der Waals surface area (Å²) in [6, 6.07) is 5.65. The molecule has 0 radical (unpaired) electrons. The molecule has 5 rings (SSSR count). The predicted molar refractivity (Wildman–Crippen MR) is 167 cm³/mol. The lowest BCUT2D eigenvalue weighted by atomic mass is 9.78. The highest BCUT2D eigenvalue weighted by molar-refractivity contribution is 7.10. The first kappa shape index (κ1) is 36.4. The molecule has 3 atom stereocenters. The summed E-state index contributed by atoms with van der Waals surface area (Å²) in [5.41, 5.74) is -2.71. The van der Waals surface area contributed by atoms with Crippen molar-refractivity contribution in [3.8, 4) is 5.75 Å². The van der Waals surface area contributed by atoms with Gasteiger partial charge in [-0.1, -0.05) is 31.0 Å². The summed E-state index contributed by atoms with van der Waals surface area (Å²) in [7, 11) is 0. The van der Waals surface area contributed by atoms with E-state index in [1.807, 2.05) is 0 Å². The fraction of sp³-hybridized carbons (Fsp3) is 0.455. The Kier molecular flexibility index (Phi) is 10.5. The van der Waals surface area contributed by atoms with Gasteiger partial charge in [-0.3, -0.25) is 19.4 Å². The third-order valence-electron chi connectivity index (χ3n) is 8.87. The third-order valence-corrected chi connectivity index (χ3v) is 10.1. The zero-order valence-corrected chi connectivity index (χ0v) is 27.7. The smallest absolute Gasteiger partial charge is 0.425 e. The maximum Gasteiger partial charge on any atom is 0.425 e. The number of hydrogen-bond acceptors (Lipinski definition) is 6. The molecule has 16 heteroatoms. The highest BCUT2D eigenvalue weighted by Gasteiger charge is 2.57. The second-order valence-corrected chi connectivity index (χ2v) is 13.4. The van der Waals surface area contributed by atoms with Crippen LogP contribution in [0.5, 0.6) is 5.75 Å². The van der Waals surface area contributed by atoms with Gasteiger partial charge in [-0.15, -0.1) is 11.3 Å². The summed E-state index contributed by atoms with van der Waals surface area (Å²) in [6.45, 7) is 1.64. The van der Waals surface area contributed by atoms with Gasteiger partial charge in [0.05, 0.1) is 11.6 Å². The van der Waals surface area contributed by atoms with Crippen molar-refractivity contribution in [3.05, 3.63) is 80.3 Å². The predicted octanol–water partition coefficient (Wildman–Crippen LogP) is 7.87.